The van der Waals surface area contributed by atoms with Gasteiger partial charge in [0.05, 0.1) is 11.5 Å². The van der Waals surface area contributed by atoms with E-state index in [1.165, 1.54) is 32.1 Å². The molecule has 16 heavy (non-hydrogen) atoms. The minimum Gasteiger partial charge on any atom is -0.325 e. The van der Waals surface area contributed by atoms with Crippen LogP contribution in [0.25, 0.3) is 0 Å². The van der Waals surface area contributed by atoms with E-state index >= 15 is 0 Å². The molecule has 2 saturated heterocycles. The van der Waals surface area contributed by atoms with Crippen molar-refractivity contribution in [3.63, 3.8) is 0 Å². The summed E-state index contributed by atoms with van der Waals surface area (Å²) in [5.74, 6) is 0.447. The highest BCUT2D eigenvalue weighted by Crippen LogP contribution is 2.20. The van der Waals surface area contributed by atoms with Crippen molar-refractivity contribution in [2.24, 2.45) is 5.73 Å². The monoisotopic (exact) mass is 246 g/mol. The summed E-state index contributed by atoms with van der Waals surface area (Å²) < 4.78 is 23.1. The molecule has 0 radical (unpaired) electrons. The summed E-state index contributed by atoms with van der Waals surface area (Å²) in [6.45, 7) is 2.04. The topological polar surface area (TPSA) is 63.4 Å². The smallest absolute Gasteiger partial charge is 0.153 e. The molecule has 2 aliphatic rings. The molecular formula is C11H22N2O2S. The first-order valence-corrected chi connectivity index (χ1v) is 8.11. The number of sulfone groups is 1. The van der Waals surface area contributed by atoms with E-state index in [4.69, 9.17) is 5.73 Å². The van der Waals surface area contributed by atoms with E-state index in [9.17, 15) is 8.42 Å². The van der Waals surface area contributed by atoms with Crippen LogP contribution in [0.1, 0.15) is 32.1 Å². The summed E-state index contributed by atoms with van der Waals surface area (Å²) >= 11 is 0. The molecular weight excluding hydrogens is 224 g/mol. The average molecular weight is 246 g/mol. The van der Waals surface area contributed by atoms with E-state index < -0.39 is 9.84 Å². The van der Waals surface area contributed by atoms with E-state index in [2.05, 4.69) is 4.90 Å². The second-order valence-corrected chi connectivity index (χ2v) is 7.27. The van der Waals surface area contributed by atoms with Crippen molar-refractivity contribution in [1.29, 1.82) is 0 Å². The zero-order chi connectivity index (χ0) is 11.6. The van der Waals surface area contributed by atoms with E-state index in [0.29, 0.717) is 0 Å². The molecule has 2 N–H and O–H groups in total. The van der Waals surface area contributed by atoms with Gasteiger partial charge in [0.25, 0.3) is 0 Å². The maximum absolute atomic E-state index is 11.5. The Kier molecular flexibility index (Phi) is 3.87. The molecule has 2 rings (SSSR count). The first-order chi connectivity index (χ1) is 7.58. The predicted molar refractivity (Wildman–Crippen MR) is 65.1 cm³/mol. The minimum atomic E-state index is -2.88. The standard InChI is InChI=1S/C11H22N2O2S/c12-10-8-16(14,15)9-11(10)13-6-4-2-1-3-5-7-13/h10-11H,1-9,12H2. The molecule has 2 aliphatic heterocycles. The lowest BCUT2D eigenvalue weighted by molar-refractivity contribution is 0.181. The molecule has 0 aliphatic carbocycles. The predicted octanol–water partition coefficient (Wildman–Crippen LogP) is 0.377. The van der Waals surface area contributed by atoms with Crippen molar-refractivity contribution in [2.75, 3.05) is 24.6 Å². The summed E-state index contributed by atoms with van der Waals surface area (Å²) in [6, 6.07) is -0.104. The van der Waals surface area contributed by atoms with E-state index in [1.54, 1.807) is 0 Å². The van der Waals surface area contributed by atoms with E-state index in [0.717, 1.165) is 13.1 Å². The van der Waals surface area contributed by atoms with Gasteiger partial charge in [-0.3, -0.25) is 4.90 Å². The summed E-state index contributed by atoms with van der Waals surface area (Å²) in [5, 5.41) is 0. The molecule has 4 nitrogen and oxygen atoms in total. The van der Waals surface area contributed by atoms with Crippen molar-refractivity contribution in [3.8, 4) is 0 Å². The Hall–Kier alpha value is -0.130. The number of hydrogen-bond acceptors (Lipinski definition) is 4. The Bertz CT molecular complexity index is 321. The molecule has 0 spiro atoms. The van der Waals surface area contributed by atoms with Crippen molar-refractivity contribution >= 4 is 9.84 Å². The normalized spacial score (nSPS) is 36.8. The first-order valence-electron chi connectivity index (χ1n) is 6.28. The van der Waals surface area contributed by atoms with Crippen LogP contribution in [0.15, 0.2) is 0 Å². The van der Waals surface area contributed by atoms with Crippen LogP contribution in [-0.2, 0) is 9.84 Å². The second kappa shape index (κ2) is 5.02. The zero-order valence-electron chi connectivity index (χ0n) is 9.77. The first kappa shape index (κ1) is 12.3. The summed E-state index contributed by atoms with van der Waals surface area (Å²) in [6.07, 6.45) is 6.23. The van der Waals surface area contributed by atoms with Crippen molar-refractivity contribution in [1.82, 2.24) is 4.90 Å². The molecule has 2 fully saturated rings. The molecule has 2 heterocycles. The number of nitrogens with zero attached hydrogens (tertiary/aromatic N) is 1. The Labute approximate surface area is 98.1 Å². The fourth-order valence-electron chi connectivity index (χ4n) is 2.84. The lowest BCUT2D eigenvalue weighted by Gasteiger charge is -2.31. The average Bonchev–Trinajstić information content (AvgIpc) is 2.39. The van der Waals surface area contributed by atoms with Gasteiger partial charge in [-0.05, 0) is 25.9 Å². The number of hydrogen-bond donors (Lipinski definition) is 1. The van der Waals surface area contributed by atoms with Gasteiger partial charge in [-0.2, -0.15) is 0 Å². The fourth-order valence-corrected chi connectivity index (χ4v) is 4.76. The van der Waals surface area contributed by atoms with Crippen LogP contribution in [-0.4, -0.2) is 50.0 Å². The van der Waals surface area contributed by atoms with Gasteiger partial charge in [0.2, 0.25) is 0 Å². The molecule has 5 heteroatoms. The van der Waals surface area contributed by atoms with Crippen LogP contribution < -0.4 is 5.73 Å². The molecule has 94 valence electrons. The highest BCUT2D eigenvalue weighted by Gasteiger charge is 2.38. The molecule has 2 atom stereocenters. The van der Waals surface area contributed by atoms with Crippen LogP contribution in [0, 0.1) is 0 Å². The summed E-state index contributed by atoms with van der Waals surface area (Å²) in [7, 11) is -2.88. The van der Waals surface area contributed by atoms with Crippen LogP contribution in [0.2, 0.25) is 0 Å². The summed E-state index contributed by atoms with van der Waals surface area (Å²) in [4.78, 5) is 2.31. The zero-order valence-corrected chi connectivity index (χ0v) is 10.6. The van der Waals surface area contributed by atoms with Gasteiger partial charge in [0, 0.05) is 12.1 Å². The van der Waals surface area contributed by atoms with Crippen molar-refractivity contribution in [2.45, 2.75) is 44.2 Å². The minimum absolute atomic E-state index is 0.0723. The molecule has 0 aromatic rings. The quantitative estimate of drug-likeness (QED) is 0.726. The molecule has 0 aromatic carbocycles. The van der Waals surface area contributed by atoms with Gasteiger partial charge < -0.3 is 5.73 Å². The van der Waals surface area contributed by atoms with Crippen molar-refractivity contribution < 1.29 is 8.42 Å². The van der Waals surface area contributed by atoms with E-state index in [1.807, 2.05) is 0 Å². The van der Waals surface area contributed by atoms with Gasteiger partial charge in [-0.1, -0.05) is 19.3 Å². The molecule has 0 bridgehead atoms. The molecule has 2 unspecified atom stereocenters. The highest BCUT2D eigenvalue weighted by atomic mass is 32.2. The Morgan fingerprint density at radius 1 is 0.938 bits per heavy atom. The Balaban J connectivity index is 1.99. The van der Waals surface area contributed by atoms with Gasteiger partial charge in [-0.25, -0.2) is 8.42 Å². The summed E-state index contributed by atoms with van der Waals surface area (Å²) in [5.41, 5.74) is 5.95. The second-order valence-electron chi connectivity index (χ2n) is 5.11. The fraction of sp³-hybridized carbons (Fsp3) is 1.00. The van der Waals surface area contributed by atoms with E-state index in [-0.39, 0.29) is 23.6 Å². The van der Waals surface area contributed by atoms with Crippen molar-refractivity contribution in [3.05, 3.63) is 0 Å². The van der Waals surface area contributed by atoms with Gasteiger partial charge in [0.15, 0.2) is 9.84 Å². The molecule has 0 amide bonds. The SMILES string of the molecule is NC1CS(=O)(=O)CC1N1CCCCCCC1. The lowest BCUT2D eigenvalue weighted by atomic mass is 10.0. The Morgan fingerprint density at radius 2 is 1.50 bits per heavy atom. The van der Waals surface area contributed by atoms with Crippen LogP contribution in [0.4, 0.5) is 0 Å². The third kappa shape index (κ3) is 2.96. The van der Waals surface area contributed by atoms with Gasteiger partial charge in [0.1, 0.15) is 0 Å². The third-order valence-corrected chi connectivity index (χ3v) is 5.47. The Morgan fingerprint density at radius 3 is 2.00 bits per heavy atom. The van der Waals surface area contributed by atoms with Crippen LogP contribution >= 0.6 is 0 Å². The number of nitrogens with two attached hydrogens (primary N) is 1. The number of likely N-dealkylation sites (tertiary alicyclic amines) is 1. The number of rotatable bonds is 1. The van der Waals surface area contributed by atoms with Crippen LogP contribution in [0.5, 0.6) is 0 Å². The lowest BCUT2D eigenvalue weighted by Crippen LogP contribution is -2.48. The molecule has 0 aromatic heterocycles. The largest absolute Gasteiger partial charge is 0.325 e. The highest BCUT2D eigenvalue weighted by molar-refractivity contribution is 7.91. The van der Waals surface area contributed by atoms with Gasteiger partial charge in [-0.15, -0.1) is 0 Å². The third-order valence-electron chi connectivity index (χ3n) is 3.72. The maximum Gasteiger partial charge on any atom is 0.153 e. The maximum atomic E-state index is 11.5. The molecule has 0 saturated carbocycles. The van der Waals surface area contributed by atoms with Crippen LogP contribution in [0.3, 0.4) is 0 Å². The van der Waals surface area contributed by atoms with Gasteiger partial charge >= 0.3 is 0 Å².